The summed E-state index contributed by atoms with van der Waals surface area (Å²) >= 11 is 6.05. The van der Waals surface area contributed by atoms with Crippen molar-refractivity contribution in [1.82, 2.24) is 15.3 Å². The molecule has 15 heavy (non-hydrogen) atoms. The second kappa shape index (κ2) is 4.21. The topological polar surface area (TPSA) is 40.7 Å². The lowest BCUT2D eigenvalue weighted by atomic mass is 10.3. The molecule has 1 atom stereocenters. The molecule has 0 fully saturated rings. The molecule has 2 N–H and O–H groups in total. The van der Waals surface area contributed by atoms with Gasteiger partial charge in [-0.3, -0.25) is 0 Å². The minimum atomic E-state index is 0.221. The number of benzene rings is 1. The number of halogens is 1. The van der Waals surface area contributed by atoms with Crippen molar-refractivity contribution < 1.29 is 0 Å². The van der Waals surface area contributed by atoms with Crippen LogP contribution in [0.1, 0.15) is 25.7 Å². The van der Waals surface area contributed by atoms with Crippen molar-refractivity contribution in [2.45, 2.75) is 19.9 Å². The molecule has 0 aliphatic carbocycles. The number of imidazole rings is 1. The highest BCUT2D eigenvalue weighted by molar-refractivity contribution is 6.34. The Labute approximate surface area is 93.9 Å². The zero-order valence-electron chi connectivity index (χ0n) is 8.84. The van der Waals surface area contributed by atoms with Crippen molar-refractivity contribution >= 4 is 22.6 Å². The van der Waals surface area contributed by atoms with Crippen molar-refractivity contribution in [1.29, 1.82) is 0 Å². The molecule has 2 rings (SSSR count). The number of nitrogens with zero attached hydrogens (tertiary/aromatic N) is 1. The van der Waals surface area contributed by atoms with Gasteiger partial charge in [-0.15, -0.1) is 0 Å². The first-order valence-corrected chi connectivity index (χ1v) is 5.47. The lowest BCUT2D eigenvalue weighted by molar-refractivity contribution is 0.573. The second-order valence-corrected chi connectivity index (χ2v) is 3.94. The van der Waals surface area contributed by atoms with E-state index in [1.165, 1.54) is 0 Å². The van der Waals surface area contributed by atoms with E-state index in [2.05, 4.69) is 29.1 Å². The van der Waals surface area contributed by atoms with E-state index in [0.717, 1.165) is 23.4 Å². The predicted octanol–water partition coefficient (Wildman–Crippen LogP) is 2.89. The van der Waals surface area contributed by atoms with Gasteiger partial charge in [0.15, 0.2) is 0 Å². The van der Waals surface area contributed by atoms with Crippen LogP contribution in [-0.2, 0) is 0 Å². The molecular formula is C11H14ClN3. The molecular weight excluding hydrogens is 210 g/mol. The highest BCUT2D eigenvalue weighted by Crippen LogP contribution is 2.22. The number of fused-ring (bicyclic) bond motifs is 1. The molecule has 0 saturated heterocycles. The van der Waals surface area contributed by atoms with Crippen LogP contribution in [0.15, 0.2) is 18.2 Å². The minimum Gasteiger partial charge on any atom is -0.341 e. The van der Waals surface area contributed by atoms with Gasteiger partial charge >= 0.3 is 0 Å². The van der Waals surface area contributed by atoms with E-state index in [4.69, 9.17) is 11.6 Å². The largest absolute Gasteiger partial charge is 0.341 e. The predicted molar refractivity (Wildman–Crippen MR) is 63.2 cm³/mol. The fourth-order valence-corrected chi connectivity index (χ4v) is 1.84. The van der Waals surface area contributed by atoms with Crippen LogP contribution in [0.25, 0.3) is 11.0 Å². The number of aromatic amines is 1. The summed E-state index contributed by atoms with van der Waals surface area (Å²) in [6.45, 7) is 5.08. The van der Waals surface area contributed by atoms with Gasteiger partial charge in [0.05, 0.1) is 16.6 Å². The highest BCUT2D eigenvalue weighted by atomic mass is 35.5. The molecule has 2 aromatic rings. The molecule has 0 aliphatic heterocycles. The lowest BCUT2D eigenvalue weighted by Crippen LogP contribution is -2.18. The molecule has 1 unspecified atom stereocenters. The molecule has 80 valence electrons. The number of H-pyrrole nitrogens is 1. The zero-order valence-corrected chi connectivity index (χ0v) is 9.60. The summed E-state index contributed by atoms with van der Waals surface area (Å²) < 4.78 is 0. The molecule has 1 aromatic carbocycles. The second-order valence-electron chi connectivity index (χ2n) is 3.54. The van der Waals surface area contributed by atoms with Gasteiger partial charge in [0, 0.05) is 0 Å². The Morgan fingerprint density at radius 1 is 1.53 bits per heavy atom. The number of rotatable bonds is 3. The van der Waals surface area contributed by atoms with E-state index in [9.17, 15) is 0 Å². The van der Waals surface area contributed by atoms with Gasteiger partial charge in [-0.1, -0.05) is 24.6 Å². The Balaban J connectivity index is 2.43. The van der Waals surface area contributed by atoms with Gasteiger partial charge in [-0.2, -0.15) is 0 Å². The first kappa shape index (κ1) is 10.5. The Morgan fingerprint density at radius 2 is 2.33 bits per heavy atom. The number of para-hydroxylation sites is 1. The first-order chi connectivity index (χ1) is 7.22. The van der Waals surface area contributed by atoms with Crippen molar-refractivity contribution in [3.05, 3.63) is 29.0 Å². The Hall–Kier alpha value is -1.06. The van der Waals surface area contributed by atoms with Crippen molar-refractivity contribution in [3.63, 3.8) is 0 Å². The first-order valence-electron chi connectivity index (χ1n) is 5.10. The van der Waals surface area contributed by atoms with Crippen LogP contribution in [0, 0.1) is 0 Å². The summed E-state index contributed by atoms with van der Waals surface area (Å²) in [6, 6.07) is 5.98. The lowest BCUT2D eigenvalue weighted by Gasteiger charge is -2.07. The third kappa shape index (κ3) is 1.98. The monoisotopic (exact) mass is 223 g/mol. The highest BCUT2D eigenvalue weighted by Gasteiger charge is 2.10. The van der Waals surface area contributed by atoms with Crippen LogP contribution >= 0.6 is 11.6 Å². The summed E-state index contributed by atoms with van der Waals surface area (Å²) in [5, 5.41) is 4.00. The van der Waals surface area contributed by atoms with Crippen LogP contribution in [0.3, 0.4) is 0 Å². The van der Waals surface area contributed by atoms with Gasteiger partial charge in [0.2, 0.25) is 0 Å². The van der Waals surface area contributed by atoms with E-state index in [0.29, 0.717) is 5.02 Å². The number of aromatic nitrogens is 2. The molecule has 1 heterocycles. The average molecular weight is 224 g/mol. The normalized spacial score (nSPS) is 13.3. The summed E-state index contributed by atoms with van der Waals surface area (Å²) in [6.07, 6.45) is 0. The average Bonchev–Trinajstić information content (AvgIpc) is 2.63. The molecule has 0 spiro atoms. The standard InChI is InChI=1S/C11H14ClN3/c1-3-13-7(2)11-14-9-6-4-5-8(12)10(9)15-11/h4-7,13H,3H2,1-2H3,(H,14,15). The van der Waals surface area contributed by atoms with Gasteiger partial charge in [-0.25, -0.2) is 4.98 Å². The molecule has 1 aromatic heterocycles. The molecule has 0 saturated carbocycles. The van der Waals surface area contributed by atoms with Gasteiger partial charge in [0.25, 0.3) is 0 Å². The molecule has 0 radical (unpaired) electrons. The fraction of sp³-hybridized carbons (Fsp3) is 0.364. The van der Waals surface area contributed by atoms with Crippen molar-refractivity contribution in [2.24, 2.45) is 0 Å². The van der Waals surface area contributed by atoms with Gasteiger partial charge in [0.1, 0.15) is 11.3 Å². The maximum atomic E-state index is 6.05. The van der Waals surface area contributed by atoms with E-state index in [1.807, 2.05) is 18.2 Å². The van der Waals surface area contributed by atoms with Gasteiger partial charge in [-0.05, 0) is 25.6 Å². The number of hydrogen-bond acceptors (Lipinski definition) is 2. The van der Waals surface area contributed by atoms with Crippen molar-refractivity contribution in [3.8, 4) is 0 Å². The van der Waals surface area contributed by atoms with E-state index in [1.54, 1.807) is 0 Å². The third-order valence-electron chi connectivity index (χ3n) is 2.40. The minimum absolute atomic E-state index is 0.221. The summed E-state index contributed by atoms with van der Waals surface area (Å²) in [7, 11) is 0. The molecule has 0 aliphatic rings. The van der Waals surface area contributed by atoms with Crippen molar-refractivity contribution in [2.75, 3.05) is 6.54 Å². The van der Waals surface area contributed by atoms with E-state index < -0.39 is 0 Å². The maximum absolute atomic E-state index is 6.05. The third-order valence-corrected chi connectivity index (χ3v) is 2.71. The quantitative estimate of drug-likeness (QED) is 0.840. The fourth-order valence-electron chi connectivity index (χ4n) is 1.62. The number of hydrogen-bond donors (Lipinski definition) is 2. The van der Waals surface area contributed by atoms with E-state index in [-0.39, 0.29) is 6.04 Å². The molecule has 3 nitrogen and oxygen atoms in total. The Morgan fingerprint density at radius 3 is 3.00 bits per heavy atom. The zero-order chi connectivity index (χ0) is 10.8. The Bertz CT molecular complexity index is 464. The summed E-state index contributed by atoms with van der Waals surface area (Å²) in [5.74, 6) is 0.931. The number of nitrogens with one attached hydrogen (secondary N) is 2. The van der Waals surface area contributed by atoms with Gasteiger partial charge < -0.3 is 10.3 Å². The van der Waals surface area contributed by atoms with E-state index >= 15 is 0 Å². The van der Waals surface area contributed by atoms with Crippen LogP contribution < -0.4 is 5.32 Å². The molecule has 4 heteroatoms. The summed E-state index contributed by atoms with van der Waals surface area (Å²) in [4.78, 5) is 7.74. The van der Waals surface area contributed by atoms with Crippen LogP contribution in [-0.4, -0.2) is 16.5 Å². The van der Waals surface area contributed by atoms with Crippen LogP contribution in [0.4, 0.5) is 0 Å². The Kier molecular flexibility index (Phi) is 2.93. The van der Waals surface area contributed by atoms with Crippen LogP contribution in [0.2, 0.25) is 5.02 Å². The molecule has 0 bridgehead atoms. The molecule has 0 amide bonds. The SMILES string of the molecule is CCNC(C)c1nc2c(Cl)cccc2[nH]1. The van der Waals surface area contributed by atoms with Crippen LogP contribution in [0.5, 0.6) is 0 Å². The summed E-state index contributed by atoms with van der Waals surface area (Å²) in [5.41, 5.74) is 1.83. The smallest absolute Gasteiger partial charge is 0.124 e. The maximum Gasteiger partial charge on any atom is 0.124 e.